The van der Waals surface area contributed by atoms with Crippen molar-refractivity contribution in [1.29, 1.82) is 0 Å². The van der Waals surface area contributed by atoms with Crippen molar-refractivity contribution in [2.24, 2.45) is 5.92 Å². The lowest BCUT2D eigenvalue weighted by atomic mass is 9.99. The summed E-state index contributed by atoms with van der Waals surface area (Å²) in [6.45, 7) is 12.6. The lowest BCUT2D eigenvalue weighted by Crippen LogP contribution is -2.58. The fourth-order valence-electron chi connectivity index (χ4n) is 3.40. The molecule has 1 aliphatic heterocycles. The maximum atomic E-state index is 12.8. The van der Waals surface area contributed by atoms with Crippen LogP contribution in [0.2, 0.25) is 0 Å². The van der Waals surface area contributed by atoms with E-state index < -0.39 is 0 Å². The second kappa shape index (κ2) is 7.93. The maximum absolute atomic E-state index is 12.8. The monoisotopic (exact) mass is 322 g/mol. The van der Waals surface area contributed by atoms with Gasteiger partial charge in [0.15, 0.2) is 0 Å². The molecule has 1 amide bonds. The van der Waals surface area contributed by atoms with Gasteiger partial charge >= 0.3 is 0 Å². The van der Waals surface area contributed by atoms with Crippen LogP contribution in [0, 0.1) is 5.92 Å². The summed E-state index contributed by atoms with van der Waals surface area (Å²) in [6.07, 6.45) is 3.99. The van der Waals surface area contributed by atoms with E-state index in [-0.39, 0.29) is 36.1 Å². The summed E-state index contributed by atoms with van der Waals surface area (Å²) >= 11 is 0. The highest BCUT2D eigenvalue weighted by molar-refractivity contribution is 5.82. The summed E-state index contributed by atoms with van der Waals surface area (Å²) in [7, 11) is 0. The molecule has 1 aromatic rings. The predicted molar refractivity (Wildman–Crippen MR) is 90.0 cm³/mol. The molecule has 130 valence electrons. The molecule has 1 N–H and O–H groups in total. The topological polar surface area (TPSA) is 59.4 Å². The Balaban J connectivity index is 1.97. The number of aromatic nitrogens is 2. The van der Waals surface area contributed by atoms with Gasteiger partial charge in [0.05, 0.1) is 24.8 Å². The number of rotatable bonds is 6. The fourth-order valence-corrected chi connectivity index (χ4v) is 3.40. The minimum atomic E-state index is -0.121. The number of amides is 1. The van der Waals surface area contributed by atoms with Gasteiger partial charge in [-0.1, -0.05) is 13.8 Å². The molecule has 0 aliphatic carbocycles. The van der Waals surface area contributed by atoms with Crippen LogP contribution in [-0.2, 0) is 16.1 Å². The average Bonchev–Trinajstić information content (AvgIpc) is 2.89. The minimum absolute atomic E-state index is 0.0412. The van der Waals surface area contributed by atoms with E-state index in [9.17, 15) is 4.79 Å². The molecule has 6 heteroatoms. The zero-order valence-corrected chi connectivity index (χ0v) is 14.9. The summed E-state index contributed by atoms with van der Waals surface area (Å²) in [6, 6.07) is 1.81. The lowest BCUT2D eigenvalue weighted by molar-refractivity contribution is -0.136. The molecule has 1 saturated heterocycles. The van der Waals surface area contributed by atoms with Crippen molar-refractivity contribution >= 4 is 5.91 Å². The highest BCUT2D eigenvalue weighted by Crippen LogP contribution is 2.18. The largest absolute Gasteiger partial charge is 0.373 e. The fraction of sp³-hybridized carbons (Fsp3) is 0.765. The highest BCUT2D eigenvalue weighted by atomic mass is 16.5. The van der Waals surface area contributed by atoms with Crippen LogP contribution in [0.25, 0.3) is 0 Å². The molecule has 23 heavy (non-hydrogen) atoms. The van der Waals surface area contributed by atoms with Crippen molar-refractivity contribution < 1.29 is 9.53 Å². The normalized spacial score (nSPS) is 25.3. The molecule has 0 bridgehead atoms. The van der Waals surface area contributed by atoms with Crippen LogP contribution in [0.5, 0.6) is 0 Å². The van der Waals surface area contributed by atoms with Gasteiger partial charge in [-0.2, -0.15) is 5.10 Å². The Morgan fingerprint density at radius 1 is 1.30 bits per heavy atom. The van der Waals surface area contributed by atoms with Crippen LogP contribution in [0.15, 0.2) is 18.5 Å². The number of hydrogen-bond acceptors (Lipinski definition) is 4. The Bertz CT molecular complexity index is 479. The molecule has 6 nitrogen and oxygen atoms in total. The number of nitrogens with zero attached hydrogens (tertiary/aromatic N) is 3. The van der Waals surface area contributed by atoms with Gasteiger partial charge in [-0.3, -0.25) is 14.4 Å². The number of hydrogen-bond donors (Lipinski definition) is 1. The van der Waals surface area contributed by atoms with E-state index in [0.717, 1.165) is 13.1 Å². The minimum Gasteiger partial charge on any atom is -0.373 e. The summed E-state index contributed by atoms with van der Waals surface area (Å²) in [5.74, 6) is 0.352. The number of morpholine rings is 1. The SMILES string of the molecule is CC(C)[C@@H](C(=O)N[C@H](C)Cn1cccn1)N1C[C@@H](C)O[C@H](C)C1. The van der Waals surface area contributed by atoms with Crippen molar-refractivity contribution in [2.45, 2.75) is 65.5 Å². The molecule has 2 rings (SSSR count). The van der Waals surface area contributed by atoms with Gasteiger partial charge in [0.1, 0.15) is 0 Å². The van der Waals surface area contributed by atoms with E-state index >= 15 is 0 Å². The van der Waals surface area contributed by atoms with Crippen molar-refractivity contribution in [2.75, 3.05) is 13.1 Å². The molecular formula is C17H30N4O2. The van der Waals surface area contributed by atoms with Gasteiger partial charge in [-0.05, 0) is 32.8 Å². The zero-order valence-electron chi connectivity index (χ0n) is 14.9. The van der Waals surface area contributed by atoms with Gasteiger partial charge in [0, 0.05) is 31.5 Å². The number of carbonyl (C=O) groups excluding carboxylic acids is 1. The molecular weight excluding hydrogens is 292 g/mol. The zero-order chi connectivity index (χ0) is 17.0. The van der Waals surface area contributed by atoms with Crippen LogP contribution >= 0.6 is 0 Å². The maximum Gasteiger partial charge on any atom is 0.237 e. The summed E-state index contributed by atoms with van der Waals surface area (Å²) in [5, 5.41) is 7.34. The van der Waals surface area contributed by atoms with Gasteiger partial charge in [0.25, 0.3) is 0 Å². The van der Waals surface area contributed by atoms with Crippen molar-refractivity contribution in [1.82, 2.24) is 20.0 Å². The van der Waals surface area contributed by atoms with Crippen LogP contribution in [0.1, 0.15) is 34.6 Å². The first-order chi connectivity index (χ1) is 10.9. The quantitative estimate of drug-likeness (QED) is 0.863. The Labute approximate surface area is 139 Å². The first-order valence-corrected chi connectivity index (χ1v) is 8.54. The van der Waals surface area contributed by atoms with Gasteiger partial charge in [-0.15, -0.1) is 0 Å². The first-order valence-electron chi connectivity index (χ1n) is 8.54. The first kappa shape index (κ1) is 17.9. The Hall–Kier alpha value is -1.40. The molecule has 1 fully saturated rings. The predicted octanol–water partition coefficient (Wildman–Crippen LogP) is 1.52. The molecule has 2 heterocycles. The Morgan fingerprint density at radius 3 is 2.48 bits per heavy atom. The average molecular weight is 322 g/mol. The molecule has 0 radical (unpaired) electrons. The molecule has 1 aromatic heterocycles. The van der Waals surface area contributed by atoms with E-state index in [0.29, 0.717) is 6.54 Å². The second-order valence-electron chi connectivity index (χ2n) is 7.04. The number of ether oxygens (including phenoxy) is 1. The lowest BCUT2D eigenvalue weighted by Gasteiger charge is -2.41. The van der Waals surface area contributed by atoms with Gasteiger partial charge < -0.3 is 10.1 Å². The van der Waals surface area contributed by atoms with E-state index in [1.807, 2.05) is 23.9 Å². The molecule has 0 spiro atoms. The summed E-state index contributed by atoms with van der Waals surface area (Å²) < 4.78 is 7.63. The van der Waals surface area contributed by atoms with Crippen molar-refractivity contribution in [3.63, 3.8) is 0 Å². The van der Waals surface area contributed by atoms with Gasteiger partial charge in [-0.25, -0.2) is 0 Å². The van der Waals surface area contributed by atoms with Crippen LogP contribution < -0.4 is 5.32 Å². The summed E-state index contributed by atoms with van der Waals surface area (Å²) in [5.41, 5.74) is 0. The molecule has 0 unspecified atom stereocenters. The molecule has 0 saturated carbocycles. The van der Waals surface area contributed by atoms with E-state index in [4.69, 9.17) is 4.74 Å². The standard InChI is InChI=1S/C17H30N4O2/c1-12(2)16(20-10-14(4)23-15(5)11-20)17(22)19-13(3)9-21-8-6-7-18-21/h6-8,12-16H,9-11H2,1-5H3,(H,19,22)/t13-,14-,15-,16+/m1/s1. The Kier molecular flexibility index (Phi) is 6.18. The molecule has 4 atom stereocenters. The van der Waals surface area contributed by atoms with Crippen molar-refractivity contribution in [3.05, 3.63) is 18.5 Å². The Morgan fingerprint density at radius 2 is 1.96 bits per heavy atom. The van der Waals surface area contributed by atoms with E-state index in [1.165, 1.54) is 0 Å². The smallest absolute Gasteiger partial charge is 0.237 e. The van der Waals surface area contributed by atoms with Crippen LogP contribution in [0.3, 0.4) is 0 Å². The third kappa shape index (κ3) is 5.04. The van der Waals surface area contributed by atoms with Crippen LogP contribution in [-0.4, -0.2) is 58.0 Å². The van der Waals surface area contributed by atoms with Gasteiger partial charge in [0.2, 0.25) is 5.91 Å². The second-order valence-corrected chi connectivity index (χ2v) is 7.04. The summed E-state index contributed by atoms with van der Waals surface area (Å²) in [4.78, 5) is 15.1. The highest BCUT2D eigenvalue weighted by Gasteiger charge is 2.34. The third-order valence-corrected chi connectivity index (χ3v) is 4.15. The van der Waals surface area contributed by atoms with Crippen molar-refractivity contribution in [3.8, 4) is 0 Å². The molecule has 1 aliphatic rings. The van der Waals surface area contributed by atoms with E-state index in [2.05, 4.69) is 43.0 Å². The van der Waals surface area contributed by atoms with E-state index in [1.54, 1.807) is 6.20 Å². The molecule has 0 aromatic carbocycles. The number of carbonyl (C=O) groups is 1. The number of nitrogens with one attached hydrogen (secondary N) is 1. The third-order valence-electron chi connectivity index (χ3n) is 4.15. The van der Waals surface area contributed by atoms with Crippen LogP contribution in [0.4, 0.5) is 0 Å².